The fourth-order valence-corrected chi connectivity index (χ4v) is 4.08. The molecule has 0 aromatic heterocycles. The van der Waals surface area contributed by atoms with E-state index in [1.807, 2.05) is 0 Å². The minimum absolute atomic E-state index is 0.166. The summed E-state index contributed by atoms with van der Waals surface area (Å²) in [5.74, 6) is 0. The van der Waals surface area contributed by atoms with Crippen LogP contribution in [-0.2, 0) is 0 Å². The number of hydrogen-bond donors (Lipinski definition) is 2. The maximum Gasteiger partial charge on any atom is 0.0735 e. The van der Waals surface area contributed by atoms with Crippen molar-refractivity contribution < 1.29 is 10.2 Å². The van der Waals surface area contributed by atoms with Gasteiger partial charge >= 0.3 is 0 Å². The van der Waals surface area contributed by atoms with Gasteiger partial charge in [0.25, 0.3) is 0 Å². The van der Waals surface area contributed by atoms with Crippen LogP contribution < -0.4 is 0 Å². The lowest BCUT2D eigenvalue weighted by Gasteiger charge is -2.59. The van der Waals surface area contributed by atoms with Gasteiger partial charge in [0.1, 0.15) is 0 Å². The minimum Gasteiger partial charge on any atom is -0.396 e. The van der Waals surface area contributed by atoms with Crippen LogP contribution in [0, 0.1) is 10.8 Å². The lowest BCUT2D eigenvalue weighted by molar-refractivity contribution is -0.211. The molecule has 0 unspecified atom stereocenters. The molecule has 0 aliphatic heterocycles. The zero-order chi connectivity index (χ0) is 11.9. The normalized spacial score (nSPS) is 31.5. The maximum absolute atomic E-state index is 10.8. The summed E-state index contributed by atoms with van der Waals surface area (Å²) in [6.45, 7) is 4.59. The van der Waals surface area contributed by atoms with E-state index >= 15 is 0 Å². The first-order chi connectivity index (χ1) is 7.43. The fourth-order valence-electron chi connectivity index (χ4n) is 4.08. The van der Waals surface area contributed by atoms with Gasteiger partial charge in [-0.05, 0) is 31.1 Å². The smallest absolute Gasteiger partial charge is 0.0735 e. The van der Waals surface area contributed by atoms with Crippen molar-refractivity contribution in [2.24, 2.45) is 10.8 Å². The van der Waals surface area contributed by atoms with Crippen molar-refractivity contribution in [1.82, 2.24) is 0 Å². The van der Waals surface area contributed by atoms with E-state index in [9.17, 15) is 10.2 Å². The van der Waals surface area contributed by atoms with E-state index in [2.05, 4.69) is 13.8 Å². The first kappa shape index (κ1) is 12.4. The fraction of sp³-hybridized carbons (Fsp3) is 1.00. The SMILES string of the molecule is CC1(C)CC(O)(C2(CO)CCCCCC2)C1. The Morgan fingerprint density at radius 3 is 1.81 bits per heavy atom. The molecule has 2 N–H and O–H groups in total. The van der Waals surface area contributed by atoms with E-state index < -0.39 is 5.60 Å². The molecule has 0 atom stereocenters. The van der Waals surface area contributed by atoms with E-state index in [-0.39, 0.29) is 17.4 Å². The molecule has 0 aromatic carbocycles. The molecular weight excluding hydrogens is 200 g/mol. The van der Waals surface area contributed by atoms with Gasteiger partial charge in [0.15, 0.2) is 0 Å². The molecular formula is C14H26O2. The van der Waals surface area contributed by atoms with E-state index in [1.54, 1.807) is 0 Å². The molecule has 0 bridgehead atoms. The molecule has 2 aliphatic carbocycles. The number of rotatable bonds is 2. The molecule has 0 spiro atoms. The van der Waals surface area contributed by atoms with Crippen LogP contribution in [0.5, 0.6) is 0 Å². The lowest BCUT2D eigenvalue weighted by Crippen LogP contribution is -2.61. The van der Waals surface area contributed by atoms with Crippen LogP contribution >= 0.6 is 0 Å². The van der Waals surface area contributed by atoms with E-state index in [0.29, 0.717) is 0 Å². The van der Waals surface area contributed by atoms with Gasteiger partial charge in [-0.15, -0.1) is 0 Å². The summed E-state index contributed by atoms with van der Waals surface area (Å²) in [6.07, 6.45) is 8.61. The summed E-state index contributed by atoms with van der Waals surface area (Å²) in [5.41, 5.74) is -0.516. The molecule has 2 nitrogen and oxygen atoms in total. The standard InChI is InChI=1S/C14H26O2/c1-12(2)9-14(16,10-12)13(11-15)7-5-3-4-6-8-13/h15-16H,3-11H2,1-2H3. The predicted molar refractivity (Wildman–Crippen MR) is 65.2 cm³/mol. The summed E-state index contributed by atoms with van der Waals surface area (Å²) >= 11 is 0. The molecule has 0 radical (unpaired) electrons. The molecule has 0 aromatic rings. The highest BCUT2D eigenvalue weighted by molar-refractivity contribution is 5.10. The molecule has 0 amide bonds. The van der Waals surface area contributed by atoms with Gasteiger partial charge in [-0.1, -0.05) is 39.5 Å². The van der Waals surface area contributed by atoms with Crippen LogP contribution in [0.15, 0.2) is 0 Å². The van der Waals surface area contributed by atoms with Crippen molar-refractivity contribution in [3.63, 3.8) is 0 Å². The van der Waals surface area contributed by atoms with Crippen LogP contribution in [0.2, 0.25) is 0 Å². The molecule has 2 fully saturated rings. The van der Waals surface area contributed by atoms with Crippen molar-refractivity contribution >= 4 is 0 Å². The zero-order valence-electron chi connectivity index (χ0n) is 10.8. The van der Waals surface area contributed by atoms with Gasteiger partial charge in [-0.3, -0.25) is 0 Å². The van der Waals surface area contributed by atoms with Gasteiger partial charge in [0.2, 0.25) is 0 Å². The topological polar surface area (TPSA) is 40.5 Å². The summed E-state index contributed by atoms with van der Waals surface area (Å²) in [7, 11) is 0. The molecule has 2 aliphatic rings. The number of aliphatic hydroxyl groups excluding tert-OH is 1. The van der Waals surface area contributed by atoms with Gasteiger partial charge in [-0.25, -0.2) is 0 Å². The van der Waals surface area contributed by atoms with Crippen molar-refractivity contribution in [2.45, 2.75) is 70.8 Å². The summed E-state index contributed by atoms with van der Waals surface area (Å²) in [5, 5.41) is 20.6. The minimum atomic E-state index is -0.588. The van der Waals surface area contributed by atoms with E-state index in [0.717, 1.165) is 25.7 Å². The Balaban J connectivity index is 2.14. The first-order valence-electron chi connectivity index (χ1n) is 6.76. The quantitative estimate of drug-likeness (QED) is 0.711. The van der Waals surface area contributed by atoms with Crippen LogP contribution in [0.1, 0.15) is 65.2 Å². The number of hydrogen-bond acceptors (Lipinski definition) is 2. The Morgan fingerprint density at radius 2 is 1.44 bits per heavy atom. The second kappa shape index (κ2) is 3.99. The molecule has 0 saturated heterocycles. The Labute approximate surface area is 99.1 Å². The van der Waals surface area contributed by atoms with E-state index in [4.69, 9.17) is 0 Å². The summed E-state index contributed by atoms with van der Waals surface area (Å²) in [6, 6.07) is 0. The summed E-state index contributed by atoms with van der Waals surface area (Å²) < 4.78 is 0. The molecule has 2 rings (SSSR count). The average Bonchev–Trinajstić information content (AvgIpc) is 2.40. The molecule has 2 saturated carbocycles. The van der Waals surface area contributed by atoms with Gasteiger partial charge in [0.05, 0.1) is 12.2 Å². The first-order valence-corrected chi connectivity index (χ1v) is 6.76. The van der Waals surface area contributed by atoms with Crippen molar-refractivity contribution in [3.05, 3.63) is 0 Å². The Hall–Kier alpha value is -0.0800. The second-order valence-corrected chi connectivity index (χ2v) is 6.90. The van der Waals surface area contributed by atoms with Crippen LogP contribution in [0.3, 0.4) is 0 Å². The third-order valence-electron chi connectivity index (χ3n) is 4.89. The van der Waals surface area contributed by atoms with Crippen LogP contribution in [-0.4, -0.2) is 22.4 Å². The maximum atomic E-state index is 10.8. The number of aliphatic hydroxyl groups is 2. The highest BCUT2D eigenvalue weighted by Crippen LogP contribution is 2.59. The molecule has 16 heavy (non-hydrogen) atoms. The Kier molecular flexibility index (Phi) is 3.09. The third kappa shape index (κ3) is 1.91. The highest BCUT2D eigenvalue weighted by atomic mass is 16.3. The lowest BCUT2D eigenvalue weighted by atomic mass is 9.50. The third-order valence-corrected chi connectivity index (χ3v) is 4.89. The van der Waals surface area contributed by atoms with Crippen LogP contribution in [0.4, 0.5) is 0 Å². The second-order valence-electron chi connectivity index (χ2n) is 6.90. The van der Waals surface area contributed by atoms with Crippen molar-refractivity contribution in [3.8, 4) is 0 Å². The monoisotopic (exact) mass is 226 g/mol. The van der Waals surface area contributed by atoms with Gasteiger partial charge < -0.3 is 10.2 Å². The summed E-state index contributed by atoms with van der Waals surface area (Å²) in [4.78, 5) is 0. The Morgan fingerprint density at radius 1 is 0.938 bits per heavy atom. The van der Waals surface area contributed by atoms with Crippen molar-refractivity contribution in [1.29, 1.82) is 0 Å². The largest absolute Gasteiger partial charge is 0.396 e. The average molecular weight is 226 g/mol. The van der Waals surface area contributed by atoms with E-state index in [1.165, 1.54) is 25.7 Å². The Bertz CT molecular complexity index is 241. The zero-order valence-corrected chi connectivity index (χ0v) is 10.8. The van der Waals surface area contributed by atoms with Crippen LogP contribution in [0.25, 0.3) is 0 Å². The van der Waals surface area contributed by atoms with Gasteiger partial charge in [0, 0.05) is 5.41 Å². The molecule has 0 heterocycles. The highest BCUT2D eigenvalue weighted by Gasteiger charge is 2.59. The molecule has 94 valence electrons. The van der Waals surface area contributed by atoms with Gasteiger partial charge in [-0.2, -0.15) is 0 Å². The predicted octanol–water partition coefficient (Wildman–Crippen LogP) is 2.87. The molecule has 2 heteroatoms. The van der Waals surface area contributed by atoms with Crippen molar-refractivity contribution in [2.75, 3.05) is 6.61 Å².